The fraction of sp³-hybridized carbons (Fsp3) is 0.467. The summed E-state index contributed by atoms with van der Waals surface area (Å²) < 4.78 is 0. The molecule has 1 rings (SSSR count). The second kappa shape index (κ2) is 6.93. The van der Waals surface area contributed by atoms with Gasteiger partial charge in [0.25, 0.3) is 0 Å². The predicted octanol–water partition coefficient (Wildman–Crippen LogP) is 2.92. The largest absolute Gasteiger partial charge is 0.480 e. The molecular formula is C15H22N2O3. The molecule has 3 N–H and O–H groups in total. The highest BCUT2D eigenvalue weighted by Gasteiger charge is 2.25. The molecule has 0 saturated heterocycles. The number of rotatable bonds is 5. The number of anilines is 1. The van der Waals surface area contributed by atoms with E-state index >= 15 is 0 Å². The maximum absolute atomic E-state index is 12.0. The quantitative estimate of drug-likeness (QED) is 0.775. The number of carbonyl (C=O) groups excluding carboxylic acids is 1. The van der Waals surface area contributed by atoms with E-state index in [1.54, 1.807) is 6.92 Å². The number of benzene rings is 1. The number of carboxylic acid groups (broad SMARTS) is 1. The molecule has 0 spiro atoms. The summed E-state index contributed by atoms with van der Waals surface area (Å²) in [5, 5.41) is 14.4. The highest BCUT2D eigenvalue weighted by Crippen LogP contribution is 2.19. The van der Waals surface area contributed by atoms with Crippen molar-refractivity contribution in [3.8, 4) is 0 Å². The Morgan fingerprint density at radius 2 is 1.80 bits per heavy atom. The van der Waals surface area contributed by atoms with Crippen molar-refractivity contribution in [1.82, 2.24) is 5.32 Å². The highest BCUT2D eigenvalue weighted by molar-refractivity contribution is 5.93. The summed E-state index contributed by atoms with van der Waals surface area (Å²) in [7, 11) is 0. The van der Waals surface area contributed by atoms with Crippen molar-refractivity contribution >= 4 is 17.7 Å². The molecule has 0 aliphatic rings. The van der Waals surface area contributed by atoms with Crippen molar-refractivity contribution in [3.63, 3.8) is 0 Å². The third-order valence-corrected chi connectivity index (χ3v) is 3.49. The zero-order valence-corrected chi connectivity index (χ0v) is 12.4. The third kappa shape index (κ3) is 3.98. The minimum atomic E-state index is -1.02. The molecule has 2 amide bonds. The van der Waals surface area contributed by atoms with Gasteiger partial charge < -0.3 is 15.7 Å². The Labute approximate surface area is 119 Å². The van der Waals surface area contributed by atoms with Crippen LogP contribution in [-0.2, 0) is 4.79 Å². The number of hydrogen-bond donors (Lipinski definition) is 3. The van der Waals surface area contributed by atoms with E-state index in [-0.39, 0.29) is 5.92 Å². The number of carboxylic acids is 1. The average molecular weight is 278 g/mol. The van der Waals surface area contributed by atoms with E-state index in [4.69, 9.17) is 5.11 Å². The van der Waals surface area contributed by atoms with Crippen molar-refractivity contribution < 1.29 is 14.7 Å². The maximum Gasteiger partial charge on any atom is 0.326 e. The van der Waals surface area contributed by atoms with Crippen LogP contribution in [0.3, 0.4) is 0 Å². The monoisotopic (exact) mass is 278 g/mol. The Morgan fingerprint density at radius 1 is 1.25 bits per heavy atom. The number of carbonyl (C=O) groups is 2. The van der Waals surface area contributed by atoms with E-state index in [1.807, 2.05) is 39.0 Å². The lowest BCUT2D eigenvalue weighted by Crippen LogP contribution is -2.46. The van der Waals surface area contributed by atoms with Crippen molar-refractivity contribution in [1.29, 1.82) is 0 Å². The van der Waals surface area contributed by atoms with Crippen molar-refractivity contribution in [3.05, 3.63) is 29.3 Å². The summed E-state index contributed by atoms with van der Waals surface area (Å²) in [6, 6.07) is 4.32. The number of aryl methyl sites for hydroxylation is 2. The van der Waals surface area contributed by atoms with Crippen LogP contribution in [0, 0.1) is 19.8 Å². The van der Waals surface area contributed by atoms with E-state index < -0.39 is 18.0 Å². The minimum absolute atomic E-state index is 0.129. The van der Waals surface area contributed by atoms with Gasteiger partial charge in [0.15, 0.2) is 0 Å². The minimum Gasteiger partial charge on any atom is -0.480 e. The van der Waals surface area contributed by atoms with Crippen molar-refractivity contribution in [2.75, 3.05) is 5.32 Å². The molecule has 110 valence electrons. The molecule has 0 aliphatic heterocycles. The highest BCUT2D eigenvalue weighted by atomic mass is 16.4. The Kier molecular flexibility index (Phi) is 5.55. The fourth-order valence-electron chi connectivity index (χ4n) is 1.99. The maximum atomic E-state index is 12.0. The number of amides is 2. The first kappa shape index (κ1) is 16.0. The van der Waals surface area contributed by atoms with Crippen LogP contribution in [0.1, 0.15) is 31.4 Å². The van der Waals surface area contributed by atoms with Gasteiger partial charge in [-0.15, -0.1) is 0 Å². The van der Waals surface area contributed by atoms with E-state index in [2.05, 4.69) is 10.6 Å². The number of aliphatic carboxylic acids is 1. The summed E-state index contributed by atoms with van der Waals surface area (Å²) in [6.45, 7) is 7.49. The Balaban J connectivity index is 2.79. The summed E-state index contributed by atoms with van der Waals surface area (Å²) in [5.41, 5.74) is 2.60. The molecule has 0 fully saturated rings. The van der Waals surface area contributed by atoms with Crippen LogP contribution in [0.15, 0.2) is 18.2 Å². The van der Waals surface area contributed by atoms with Crippen molar-refractivity contribution in [2.45, 2.75) is 40.2 Å². The second-order valence-electron chi connectivity index (χ2n) is 5.07. The Hall–Kier alpha value is -2.04. The third-order valence-electron chi connectivity index (χ3n) is 3.49. The molecule has 5 heteroatoms. The topological polar surface area (TPSA) is 78.4 Å². The normalized spacial score (nSPS) is 13.4. The summed E-state index contributed by atoms with van der Waals surface area (Å²) in [6.07, 6.45) is 0.681. The smallest absolute Gasteiger partial charge is 0.326 e. The lowest BCUT2D eigenvalue weighted by Gasteiger charge is -2.21. The molecule has 0 saturated carbocycles. The lowest BCUT2D eigenvalue weighted by atomic mass is 9.99. The zero-order valence-electron chi connectivity index (χ0n) is 12.4. The van der Waals surface area contributed by atoms with Gasteiger partial charge in [-0.25, -0.2) is 9.59 Å². The van der Waals surface area contributed by atoms with Gasteiger partial charge in [-0.3, -0.25) is 0 Å². The van der Waals surface area contributed by atoms with E-state index in [0.29, 0.717) is 6.42 Å². The van der Waals surface area contributed by atoms with E-state index in [9.17, 15) is 9.59 Å². The SMILES string of the molecule is CC[C@H](C)[C@H](NC(=O)Nc1c(C)cccc1C)C(=O)O. The molecular weight excluding hydrogens is 256 g/mol. The van der Waals surface area contributed by atoms with Crippen LogP contribution in [-0.4, -0.2) is 23.1 Å². The first-order chi connectivity index (χ1) is 9.36. The van der Waals surface area contributed by atoms with Crippen LogP contribution in [0.4, 0.5) is 10.5 Å². The van der Waals surface area contributed by atoms with Gasteiger partial charge >= 0.3 is 12.0 Å². The second-order valence-corrected chi connectivity index (χ2v) is 5.07. The van der Waals surface area contributed by atoms with E-state index in [1.165, 1.54) is 0 Å². The Morgan fingerprint density at radius 3 is 2.25 bits per heavy atom. The number of para-hydroxylation sites is 1. The Bertz CT molecular complexity index is 480. The molecule has 1 aromatic rings. The molecule has 0 aromatic heterocycles. The molecule has 0 heterocycles. The number of urea groups is 1. The summed E-state index contributed by atoms with van der Waals surface area (Å²) in [4.78, 5) is 23.1. The van der Waals surface area contributed by atoms with Gasteiger partial charge in [0.1, 0.15) is 6.04 Å². The number of hydrogen-bond acceptors (Lipinski definition) is 2. The van der Waals surface area contributed by atoms with Crippen LogP contribution >= 0.6 is 0 Å². The zero-order chi connectivity index (χ0) is 15.3. The van der Waals surface area contributed by atoms with Crippen LogP contribution in [0.5, 0.6) is 0 Å². The van der Waals surface area contributed by atoms with Gasteiger partial charge in [-0.05, 0) is 30.9 Å². The average Bonchev–Trinajstić information content (AvgIpc) is 2.39. The summed E-state index contributed by atoms with van der Waals surface area (Å²) >= 11 is 0. The molecule has 20 heavy (non-hydrogen) atoms. The number of nitrogens with one attached hydrogen (secondary N) is 2. The standard InChI is InChI=1S/C15H22N2O3/c1-5-9(2)13(14(18)19)17-15(20)16-12-10(3)7-6-8-11(12)4/h6-9,13H,5H2,1-4H3,(H,18,19)(H2,16,17,20)/t9-,13-/m0/s1. The molecule has 1 aromatic carbocycles. The molecule has 0 aliphatic carbocycles. The van der Waals surface area contributed by atoms with Crippen molar-refractivity contribution in [2.24, 2.45) is 5.92 Å². The molecule has 0 bridgehead atoms. The first-order valence-electron chi connectivity index (χ1n) is 6.73. The van der Waals surface area contributed by atoms with Gasteiger partial charge in [-0.1, -0.05) is 38.5 Å². The molecule has 5 nitrogen and oxygen atoms in total. The van der Waals surface area contributed by atoms with Gasteiger partial charge in [-0.2, -0.15) is 0 Å². The predicted molar refractivity (Wildman–Crippen MR) is 78.9 cm³/mol. The first-order valence-corrected chi connectivity index (χ1v) is 6.73. The van der Waals surface area contributed by atoms with E-state index in [0.717, 1.165) is 16.8 Å². The molecule has 0 unspecified atom stereocenters. The molecule has 0 radical (unpaired) electrons. The van der Waals surface area contributed by atoms with Crippen LogP contribution in [0.2, 0.25) is 0 Å². The molecule has 2 atom stereocenters. The summed E-state index contributed by atoms with van der Waals surface area (Å²) in [5.74, 6) is -1.15. The lowest BCUT2D eigenvalue weighted by molar-refractivity contribution is -0.140. The van der Waals surface area contributed by atoms with Crippen LogP contribution in [0.25, 0.3) is 0 Å². The van der Waals surface area contributed by atoms with Gasteiger partial charge in [0.05, 0.1) is 0 Å². The van der Waals surface area contributed by atoms with Crippen LogP contribution < -0.4 is 10.6 Å². The van der Waals surface area contributed by atoms with Gasteiger partial charge in [0, 0.05) is 5.69 Å². The fourth-order valence-corrected chi connectivity index (χ4v) is 1.99. The van der Waals surface area contributed by atoms with Gasteiger partial charge in [0.2, 0.25) is 0 Å².